The maximum atomic E-state index is 11.8. The van der Waals surface area contributed by atoms with Crippen LogP contribution in [-0.2, 0) is 0 Å². The van der Waals surface area contributed by atoms with Crippen LogP contribution in [0.3, 0.4) is 0 Å². The molecular formula is C13H24N2O. The topological polar surface area (TPSA) is 41.1 Å². The van der Waals surface area contributed by atoms with Crippen molar-refractivity contribution >= 4 is 6.03 Å². The number of amides is 2. The zero-order valence-corrected chi connectivity index (χ0v) is 10.3. The van der Waals surface area contributed by atoms with E-state index in [4.69, 9.17) is 0 Å². The zero-order chi connectivity index (χ0) is 11.4. The highest BCUT2D eigenvalue weighted by atomic mass is 16.2. The molecular weight excluding hydrogens is 200 g/mol. The van der Waals surface area contributed by atoms with Crippen molar-refractivity contribution in [1.82, 2.24) is 10.6 Å². The third kappa shape index (κ3) is 3.13. The van der Waals surface area contributed by atoms with Crippen LogP contribution in [0.1, 0.15) is 58.3 Å². The summed E-state index contributed by atoms with van der Waals surface area (Å²) in [5.41, 5.74) is 0. The molecule has 16 heavy (non-hydrogen) atoms. The highest BCUT2D eigenvalue weighted by Gasteiger charge is 2.24. The van der Waals surface area contributed by atoms with Gasteiger partial charge in [0, 0.05) is 12.1 Å². The van der Waals surface area contributed by atoms with Gasteiger partial charge in [-0.1, -0.05) is 32.6 Å². The van der Waals surface area contributed by atoms with Gasteiger partial charge in [0.05, 0.1) is 0 Å². The SMILES string of the molecule is CC1CCCCC1NC(=O)NC1CCCC1. The summed E-state index contributed by atoms with van der Waals surface area (Å²) in [6, 6.07) is 0.889. The molecule has 0 aromatic heterocycles. The van der Waals surface area contributed by atoms with E-state index in [1.807, 2.05) is 0 Å². The molecule has 0 aliphatic heterocycles. The van der Waals surface area contributed by atoms with Gasteiger partial charge in [-0.2, -0.15) is 0 Å². The lowest BCUT2D eigenvalue weighted by molar-refractivity contribution is 0.218. The Morgan fingerprint density at radius 1 is 0.938 bits per heavy atom. The molecule has 2 N–H and O–H groups in total. The fourth-order valence-electron chi connectivity index (χ4n) is 3.00. The Bertz CT molecular complexity index is 236. The van der Waals surface area contributed by atoms with Crippen LogP contribution < -0.4 is 10.6 Å². The maximum Gasteiger partial charge on any atom is 0.315 e. The molecule has 3 heteroatoms. The molecule has 2 aliphatic rings. The van der Waals surface area contributed by atoms with Gasteiger partial charge < -0.3 is 10.6 Å². The quantitative estimate of drug-likeness (QED) is 0.744. The average molecular weight is 224 g/mol. The minimum atomic E-state index is 0.0608. The van der Waals surface area contributed by atoms with Gasteiger partial charge in [0.1, 0.15) is 0 Å². The van der Waals surface area contributed by atoms with Crippen molar-refractivity contribution in [2.24, 2.45) is 5.92 Å². The van der Waals surface area contributed by atoms with Gasteiger partial charge in [-0.05, 0) is 31.6 Å². The van der Waals surface area contributed by atoms with Gasteiger partial charge in [0.2, 0.25) is 0 Å². The second-order valence-electron chi connectivity index (χ2n) is 5.47. The first kappa shape index (κ1) is 11.7. The van der Waals surface area contributed by atoms with Crippen molar-refractivity contribution in [2.45, 2.75) is 70.4 Å². The minimum Gasteiger partial charge on any atom is -0.335 e. The summed E-state index contributed by atoms with van der Waals surface area (Å²) in [4.78, 5) is 11.8. The number of hydrogen-bond acceptors (Lipinski definition) is 1. The summed E-state index contributed by atoms with van der Waals surface area (Å²) in [7, 11) is 0. The summed E-state index contributed by atoms with van der Waals surface area (Å²) >= 11 is 0. The lowest BCUT2D eigenvalue weighted by Gasteiger charge is -2.30. The number of urea groups is 1. The Morgan fingerprint density at radius 3 is 2.25 bits per heavy atom. The van der Waals surface area contributed by atoms with Crippen LogP contribution in [0, 0.1) is 5.92 Å². The maximum absolute atomic E-state index is 11.8. The molecule has 0 saturated heterocycles. The van der Waals surface area contributed by atoms with E-state index in [2.05, 4.69) is 17.6 Å². The molecule has 2 unspecified atom stereocenters. The average Bonchev–Trinajstić information content (AvgIpc) is 2.74. The molecule has 2 fully saturated rings. The highest BCUT2D eigenvalue weighted by Crippen LogP contribution is 2.23. The first-order valence-electron chi connectivity index (χ1n) is 6.83. The molecule has 2 amide bonds. The summed E-state index contributed by atoms with van der Waals surface area (Å²) < 4.78 is 0. The summed E-state index contributed by atoms with van der Waals surface area (Å²) in [6.07, 6.45) is 9.85. The Hall–Kier alpha value is -0.730. The first-order valence-corrected chi connectivity index (χ1v) is 6.83. The summed E-state index contributed by atoms with van der Waals surface area (Å²) in [5, 5.41) is 6.24. The van der Waals surface area contributed by atoms with Crippen LogP contribution in [-0.4, -0.2) is 18.1 Å². The van der Waals surface area contributed by atoms with Crippen LogP contribution in [0.15, 0.2) is 0 Å². The lowest BCUT2D eigenvalue weighted by Crippen LogP contribution is -2.48. The van der Waals surface area contributed by atoms with E-state index in [1.54, 1.807) is 0 Å². The summed E-state index contributed by atoms with van der Waals surface area (Å²) in [6.45, 7) is 2.25. The number of hydrogen-bond donors (Lipinski definition) is 2. The number of carbonyl (C=O) groups excluding carboxylic acids is 1. The van der Waals surface area contributed by atoms with Gasteiger partial charge in [-0.25, -0.2) is 4.79 Å². The molecule has 2 rings (SSSR count). The van der Waals surface area contributed by atoms with Crippen molar-refractivity contribution in [3.63, 3.8) is 0 Å². The molecule has 0 aromatic carbocycles. The highest BCUT2D eigenvalue weighted by molar-refractivity contribution is 5.74. The minimum absolute atomic E-state index is 0.0608. The van der Waals surface area contributed by atoms with E-state index in [1.165, 1.54) is 32.1 Å². The Balaban J connectivity index is 1.72. The number of nitrogens with one attached hydrogen (secondary N) is 2. The molecule has 0 heterocycles. The zero-order valence-electron chi connectivity index (χ0n) is 10.3. The molecule has 0 bridgehead atoms. The second kappa shape index (κ2) is 5.55. The third-order valence-corrected chi connectivity index (χ3v) is 4.12. The van der Waals surface area contributed by atoms with E-state index < -0.39 is 0 Å². The molecule has 3 nitrogen and oxygen atoms in total. The third-order valence-electron chi connectivity index (χ3n) is 4.12. The van der Waals surface area contributed by atoms with Crippen LogP contribution in [0.5, 0.6) is 0 Å². The van der Waals surface area contributed by atoms with Gasteiger partial charge in [0.15, 0.2) is 0 Å². The van der Waals surface area contributed by atoms with Gasteiger partial charge >= 0.3 is 6.03 Å². The van der Waals surface area contributed by atoms with Crippen molar-refractivity contribution < 1.29 is 4.79 Å². The largest absolute Gasteiger partial charge is 0.335 e. The van der Waals surface area contributed by atoms with Crippen LogP contribution in [0.4, 0.5) is 4.79 Å². The number of rotatable bonds is 2. The monoisotopic (exact) mass is 224 g/mol. The Labute approximate surface area is 98.4 Å². The summed E-state index contributed by atoms with van der Waals surface area (Å²) in [5.74, 6) is 0.642. The van der Waals surface area contributed by atoms with Crippen molar-refractivity contribution in [1.29, 1.82) is 0 Å². The Kier molecular flexibility index (Phi) is 4.08. The molecule has 0 aromatic rings. The van der Waals surface area contributed by atoms with Gasteiger partial charge in [0.25, 0.3) is 0 Å². The Morgan fingerprint density at radius 2 is 1.56 bits per heavy atom. The van der Waals surface area contributed by atoms with Gasteiger partial charge in [-0.15, -0.1) is 0 Å². The van der Waals surface area contributed by atoms with E-state index in [9.17, 15) is 4.79 Å². The number of carbonyl (C=O) groups is 1. The predicted molar refractivity (Wildman–Crippen MR) is 65.3 cm³/mol. The normalized spacial score (nSPS) is 31.3. The molecule has 0 spiro atoms. The van der Waals surface area contributed by atoms with E-state index >= 15 is 0 Å². The predicted octanol–water partition coefficient (Wildman–Crippen LogP) is 2.81. The standard InChI is InChI=1S/C13H24N2O/c1-10-6-2-5-9-12(10)15-13(16)14-11-7-3-4-8-11/h10-12H,2-9H2,1H3,(H2,14,15,16). The van der Waals surface area contributed by atoms with Crippen molar-refractivity contribution in [3.8, 4) is 0 Å². The van der Waals surface area contributed by atoms with Crippen LogP contribution in [0.2, 0.25) is 0 Å². The first-order chi connectivity index (χ1) is 7.75. The molecule has 2 saturated carbocycles. The molecule has 2 aliphatic carbocycles. The van der Waals surface area contributed by atoms with E-state index in [0.717, 1.165) is 19.3 Å². The van der Waals surface area contributed by atoms with E-state index in [-0.39, 0.29) is 6.03 Å². The van der Waals surface area contributed by atoms with Crippen molar-refractivity contribution in [2.75, 3.05) is 0 Å². The molecule has 0 radical (unpaired) electrons. The van der Waals surface area contributed by atoms with Crippen LogP contribution in [0.25, 0.3) is 0 Å². The smallest absolute Gasteiger partial charge is 0.315 e. The van der Waals surface area contributed by atoms with Crippen molar-refractivity contribution in [3.05, 3.63) is 0 Å². The fourth-order valence-corrected chi connectivity index (χ4v) is 3.00. The molecule has 2 atom stereocenters. The lowest BCUT2D eigenvalue weighted by atomic mass is 9.86. The van der Waals surface area contributed by atoms with Crippen LogP contribution >= 0.6 is 0 Å². The fraction of sp³-hybridized carbons (Fsp3) is 0.923. The second-order valence-corrected chi connectivity index (χ2v) is 5.47. The van der Waals surface area contributed by atoms with E-state index in [0.29, 0.717) is 18.0 Å². The molecule has 92 valence electrons. The van der Waals surface area contributed by atoms with Gasteiger partial charge in [-0.3, -0.25) is 0 Å².